The van der Waals surface area contributed by atoms with Crippen molar-refractivity contribution >= 4 is 34.4 Å². The molecule has 0 radical (unpaired) electrons. The summed E-state index contributed by atoms with van der Waals surface area (Å²) in [6.07, 6.45) is 0. The topological polar surface area (TPSA) is 123 Å². The van der Waals surface area contributed by atoms with Gasteiger partial charge in [0, 0.05) is 12.1 Å². The van der Waals surface area contributed by atoms with Gasteiger partial charge in [0.2, 0.25) is 5.95 Å². The molecule has 10 heteroatoms. The van der Waals surface area contributed by atoms with E-state index in [2.05, 4.69) is 9.97 Å². The molecule has 10 nitrogen and oxygen atoms in total. The number of anilines is 1. The number of Topliss-reactive ketones (excluding diaryl/α,β-unsaturated/α-hetero) is 1. The third-order valence-corrected chi connectivity index (χ3v) is 6.44. The molecule has 1 unspecified atom stereocenters. The number of H-pyrrole nitrogens is 1. The zero-order valence-electron chi connectivity index (χ0n) is 21.1. The number of fused-ring (bicyclic) bond motifs is 1. The van der Waals surface area contributed by atoms with Crippen LogP contribution in [0.1, 0.15) is 17.2 Å². The molecular formula is C28H25N3O7. The number of benzene rings is 3. The number of methoxy groups -OCH3 is 4. The van der Waals surface area contributed by atoms with Crippen molar-refractivity contribution in [3.63, 3.8) is 0 Å². The number of carbonyl (C=O) groups excluding carboxylic acids is 2. The van der Waals surface area contributed by atoms with Crippen LogP contribution in [-0.4, -0.2) is 55.2 Å². The molecular weight excluding hydrogens is 490 g/mol. The Labute approximate surface area is 218 Å². The van der Waals surface area contributed by atoms with Crippen molar-refractivity contribution in [2.24, 2.45) is 0 Å². The van der Waals surface area contributed by atoms with Crippen LogP contribution >= 0.6 is 0 Å². The van der Waals surface area contributed by atoms with Gasteiger partial charge in [-0.25, -0.2) is 4.98 Å². The van der Waals surface area contributed by atoms with E-state index in [1.165, 1.54) is 19.1 Å². The highest BCUT2D eigenvalue weighted by atomic mass is 16.5. The molecule has 4 aromatic rings. The summed E-state index contributed by atoms with van der Waals surface area (Å²) in [5.41, 5.74) is 1.89. The van der Waals surface area contributed by atoms with Crippen molar-refractivity contribution in [2.75, 3.05) is 33.3 Å². The summed E-state index contributed by atoms with van der Waals surface area (Å²) >= 11 is 0. The minimum absolute atomic E-state index is 0.110. The minimum Gasteiger partial charge on any atom is -0.507 e. The minimum atomic E-state index is -0.991. The Bertz CT molecular complexity index is 1570. The van der Waals surface area contributed by atoms with Gasteiger partial charge in [-0.3, -0.25) is 14.5 Å². The number of imidazole rings is 1. The normalized spacial score (nSPS) is 16.6. The van der Waals surface area contributed by atoms with Crippen LogP contribution in [0.3, 0.4) is 0 Å². The summed E-state index contributed by atoms with van der Waals surface area (Å²) in [6.45, 7) is 0. The molecule has 1 saturated heterocycles. The SMILES string of the molecule is COc1ccc(C2/C(=C(\O)c3ccc(OC)cc3OC)C(=O)C(=O)N2c2nc3ccc(OC)cc3[nH]2)cc1. The highest BCUT2D eigenvalue weighted by Crippen LogP contribution is 2.43. The van der Waals surface area contributed by atoms with Crippen LogP contribution in [0, 0.1) is 0 Å². The van der Waals surface area contributed by atoms with Crippen molar-refractivity contribution in [1.82, 2.24) is 9.97 Å². The number of aliphatic hydroxyl groups is 1. The van der Waals surface area contributed by atoms with Crippen molar-refractivity contribution in [3.8, 4) is 23.0 Å². The number of hydrogen-bond donors (Lipinski definition) is 2. The number of nitrogens with zero attached hydrogens (tertiary/aromatic N) is 2. The van der Waals surface area contributed by atoms with Crippen molar-refractivity contribution < 1.29 is 33.6 Å². The second-order valence-corrected chi connectivity index (χ2v) is 8.45. The molecule has 0 aliphatic carbocycles. The van der Waals surface area contributed by atoms with Gasteiger partial charge >= 0.3 is 5.91 Å². The second kappa shape index (κ2) is 9.81. The third-order valence-electron chi connectivity index (χ3n) is 6.44. The van der Waals surface area contributed by atoms with Gasteiger partial charge in [-0.15, -0.1) is 0 Å². The summed E-state index contributed by atoms with van der Waals surface area (Å²) in [7, 11) is 6.04. The molecule has 1 aliphatic heterocycles. The average molecular weight is 516 g/mol. The first kappa shape index (κ1) is 24.7. The predicted octanol–water partition coefficient (Wildman–Crippen LogP) is 4.22. The van der Waals surface area contributed by atoms with Gasteiger partial charge in [-0.05, 0) is 42.0 Å². The maximum absolute atomic E-state index is 13.5. The molecule has 5 rings (SSSR count). The van der Waals surface area contributed by atoms with Gasteiger partial charge in [-0.2, -0.15) is 0 Å². The van der Waals surface area contributed by atoms with Gasteiger partial charge in [-0.1, -0.05) is 12.1 Å². The highest BCUT2D eigenvalue weighted by molar-refractivity contribution is 6.51. The average Bonchev–Trinajstić information content (AvgIpc) is 3.49. The predicted molar refractivity (Wildman–Crippen MR) is 140 cm³/mol. The van der Waals surface area contributed by atoms with E-state index < -0.39 is 17.7 Å². The standard InChI is InChI=1S/C28H25N3O7/c1-35-16-7-5-15(6-8-16)24-23(25(32)19-11-9-18(37-3)14-22(19)38-4)26(33)27(34)31(24)28-29-20-12-10-17(36-2)13-21(20)30-28/h5-14,24,32H,1-4H3,(H,29,30)/b25-23+. The van der Waals surface area contributed by atoms with E-state index in [1.54, 1.807) is 74.9 Å². The first-order chi connectivity index (χ1) is 18.4. The van der Waals surface area contributed by atoms with Gasteiger partial charge in [0.1, 0.15) is 28.8 Å². The number of ketones is 1. The fourth-order valence-corrected chi connectivity index (χ4v) is 4.51. The summed E-state index contributed by atoms with van der Waals surface area (Å²) < 4.78 is 21.3. The van der Waals surface area contributed by atoms with Crippen LogP contribution in [-0.2, 0) is 9.59 Å². The van der Waals surface area contributed by atoms with Crippen LogP contribution in [0.5, 0.6) is 23.0 Å². The molecule has 1 fully saturated rings. The molecule has 0 saturated carbocycles. The molecule has 3 aromatic carbocycles. The molecule has 0 bridgehead atoms. The summed E-state index contributed by atoms with van der Waals surface area (Å²) in [5.74, 6) is 0.0398. The van der Waals surface area contributed by atoms with E-state index in [-0.39, 0.29) is 28.6 Å². The zero-order valence-corrected chi connectivity index (χ0v) is 21.1. The van der Waals surface area contributed by atoms with Gasteiger partial charge in [0.15, 0.2) is 0 Å². The Balaban J connectivity index is 1.72. The maximum Gasteiger partial charge on any atom is 0.302 e. The van der Waals surface area contributed by atoms with E-state index in [0.29, 0.717) is 33.8 Å². The van der Waals surface area contributed by atoms with Gasteiger partial charge in [0.05, 0.1) is 56.7 Å². The van der Waals surface area contributed by atoms with Gasteiger partial charge in [0.25, 0.3) is 5.78 Å². The third kappa shape index (κ3) is 4.05. The molecule has 1 atom stereocenters. The number of nitrogens with one attached hydrogen (secondary N) is 1. The van der Waals surface area contributed by atoms with Gasteiger partial charge < -0.3 is 29.0 Å². The number of hydrogen-bond acceptors (Lipinski definition) is 8. The largest absolute Gasteiger partial charge is 0.507 e. The van der Waals surface area contributed by atoms with Crippen molar-refractivity contribution in [3.05, 3.63) is 77.4 Å². The van der Waals surface area contributed by atoms with Crippen LogP contribution in [0.2, 0.25) is 0 Å². The summed E-state index contributed by atoms with van der Waals surface area (Å²) in [6, 6.07) is 15.9. The fourth-order valence-electron chi connectivity index (χ4n) is 4.51. The van der Waals surface area contributed by atoms with Crippen LogP contribution in [0.4, 0.5) is 5.95 Å². The number of aromatic amines is 1. The summed E-state index contributed by atoms with van der Waals surface area (Å²) in [4.78, 5) is 35.9. The first-order valence-corrected chi connectivity index (χ1v) is 11.6. The monoisotopic (exact) mass is 515 g/mol. The van der Waals surface area contributed by atoms with Crippen molar-refractivity contribution in [2.45, 2.75) is 6.04 Å². The Kier molecular flexibility index (Phi) is 6.38. The summed E-state index contributed by atoms with van der Waals surface area (Å²) in [5, 5.41) is 11.5. The smallest absolute Gasteiger partial charge is 0.302 e. The molecule has 38 heavy (non-hydrogen) atoms. The van der Waals surface area contributed by atoms with Crippen molar-refractivity contribution in [1.29, 1.82) is 0 Å². The van der Waals surface area contributed by atoms with E-state index in [0.717, 1.165) is 0 Å². The van der Waals surface area contributed by atoms with E-state index >= 15 is 0 Å². The van der Waals surface area contributed by atoms with E-state index in [9.17, 15) is 14.7 Å². The zero-order chi connectivity index (χ0) is 27.0. The quantitative estimate of drug-likeness (QED) is 0.213. The van der Waals surface area contributed by atoms with E-state index in [1.807, 2.05) is 0 Å². The van der Waals surface area contributed by atoms with E-state index in [4.69, 9.17) is 18.9 Å². The molecule has 1 aromatic heterocycles. The lowest BCUT2D eigenvalue weighted by atomic mass is 9.95. The lowest BCUT2D eigenvalue weighted by molar-refractivity contribution is -0.132. The molecule has 194 valence electrons. The molecule has 0 spiro atoms. The first-order valence-electron chi connectivity index (χ1n) is 11.6. The Morgan fingerprint density at radius 1 is 0.842 bits per heavy atom. The number of aromatic nitrogens is 2. The lowest BCUT2D eigenvalue weighted by Crippen LogP contribution is -2.30. The Morgan fingerprint density at radius 3 is 2.13 bits per heavy atom. The molecule has 1 amide bonds. The Hall–Kier alpha value is -4.99. The van der Waals surface area contributed by atoms with Crippen LogP contribution in [0.25, 0.3) is 16.8 Å². The number of aliphatic hydroxyl groups excluding tert-OH is 1. The lowest BCUT2D eigenvalue weighted by Gasteiger charge is -2.23. The second-order valence-electron chi connectivity index (χ2n) is 8.45. The highest BCUT2D eigenvalue weighted by Gasteiger charge is 2.48. The molecule has 2 N–H and O–H groups in total. The number of amides is 1. The number of carbonyl (C=O) groups is 2. The molecule has 2 heterocycles. The maximum atomic E-state index is 13.5. The fraction of sp³-hybridized carbons (Fsp3) is 0.179. The van der Waals surface area contributed by atoms with Crippen LogP contribution in [0.15, 0.2) is 66.2 Å². The number of rotatable bonds is 7. The van der Waals surface area contributed by atoms with Crippen LogP contribution < -0.4 is 23.8 Å². The Morgan fingerprint density at radius 2 is 1.47 bits per heavy atom. The number of ether oxygens (including phenoxy) is 4. The molecule has 1 aliphatic rings.